The Morgan fingerprint density at radius 1 is 1.25 bits per heavy atom. The maximum absolute atomic E-state index is 10.7. The van der Waals surface area contributed by atoms with E-state index in [2.05, 4.69) is 27.6 Å². The van der Waals surface area contributed by atoms with Crippen LogP contribution < -0.4 is 0 Å². The van der Waals surface area contributed by atoms with E-state index < -0.39 is 4.92 Å². The maximum atomic E-state index is 10.7. The lowest BCUT2D eigenvalue weighted by atomic mass is 10.1. The molecule has 0 spiro atoms. The number of hydrogen-bond donors (Lipinski definition) is 0. The molecule has 6 heteroatoms. The average molecular weight is 380 g/mol. The quantitative estimate of drug-likeness (QED) is 0.377. The highest BCUT2D eigenvalue weighted by Gasteiger charge is 2.13. The maximum Gasteiger partial charge on any atom is 0.273 e. The summed E-state index contributed by atoms with van der Waals surface area (Å²) in [5.74, 6) is 0.471. The van der Waals surface area contributed by atoms with Crippen molar-refractivity contribution < 1.29 is 9.34 Å². The number of aryl methyl sites for hydroxylation is 1. The largest absolute Gasteiger partial charge is 0.436 e. The lowest BCUT2D eigenvalue weighted by Crippen LogP contribution is -1.86. The standard InChI is InChI=1S/C14H9IN2O3/c1-8-2-3-9(6-11(8)15)14-16-12-5-4-10(17(18)19)7-13(12)20-14/h2-7H,1H3. The lowest BCUT2D eigenvalue weighted by molar-refractivity contribution is -0.384. The zero-order valence-electron chi connectivity index (χ0n) is 10.5. The predicted molar refractivity (Wildman–Crippen MR) is 83.6 cm³/mol. The molecule has 0 saturated carbocycles. The van der Waals surface area contributed by atoms with Crippen molar-refractivity contribution in [3.05, 3.63) is 55.6 Å². The molecule has 0 unspecified atom stereocenters. The van der Waals surface area contributed by atoms with Gasteiger partial charge in [0.05, 0.1) is 11.0 Å². The highest BCUT2D eigenvalue weighted by atomic mass is 127. The minimum atomic E-state index is -0.448. The first kappa shape index (κ1) is 13.0. The van der Waals surface area contributed by atoms with E-state index in [1.165, 1.54) is 17.7 Å². The molecule has 1 aromatic heterocycles. The summed E-state index contributed by atoms with van der Waals surface area (Å²) in [6, 6.07) is 10.3. The Kier molecular flexibility index (Phi) is 3.17. The molecule has 0 aliphatic carbocycles. The van der Waals surface area contributed by atoms with Crippen molar-refractivity contribution in [2.75, 3.05) is 0 Å². The smallest absolute Gasteiger partial charge is 0.273 e. The Morgan fingerprint density at radius 3 is 2.75 bits per heavy atom. The number of benzene rings is 2. The van der Waals surface area contributed by atoms with Gasteiger partial charge in [0, 0.05) is 15.2 Å². The second-order valence-electron chi connectivity index (χ2n) is 4.39. The Balaban J connectivity index is 2.12. The molecule has 0 aliphatic heterocycles. The average Bonchev–Trinajstić information content (AvgIpc) is 2.84. The summed E-state index contributed by atoms with van der Waals surface area (Å²) in [5.41, 5.74) is 3.07. The molecule has 100 valence electrons. The van der Waals surface area contributed by atoms with E-state index in [4.69, 9.17) is 4.42 Å². The molecule has 0 bridgehead atoms. The topological polar surface area (TPSA) is 69.2 Å². The van der Waals surface area contributed by atoms with Crippen LogP contribution in [-0.2, 0) is 0 Å². The van der Waals surface area contributed by atoms with E-state index in [0.29, 0.717) is 17.0 Å². The molecule has 0 radical (unpaired) electrons. The summed E-state index contributed by atoms with van der Waals surface area (Å²) in [4.78, 5) is 14.7. The van der Waals surface area contributed by atoms with Gasteiger partial charge in [0.2, 0.25) is 5.89 Å². The number of aromatic nitrogens is 1. The van der Waals surface area contributed by atoms with Gasteiger partial charge in [-0.3, -0.25) is 10.1 Å². The van der Waals surface area contributed by atoms with Gasteiger partial charge in [0.15, 0.2) is 5.58 Å². The molecule has 5 nitrogen and oxygen atoms in total. The highest BCUT2D eigenvalue weighted by molar-refractivity contribution is 14.1. The predicted octanol–water partition coefficient (Wildman–Crippen LogP) is 4.32. The first-order chi connectivity index (χ1) is 9.54. The van der Waals surface area contributed by atoms with Gasteiger partial charge in [-0.2, -0.15) is 0 Å². The number of hydrogen-bond acceptors (Lipinski definition) is 4. The van der Waals surface area contributed by atoms with Gasteiger partial charge in [0.1, 0.15) is 5.52 Å². The van der Waals surface area contributed by atoms with Crippen molar-refractivity contribution in [2.45, 2.75) is 6.92 Å². The zero-order valence-corrected chi connectivity index (χ0v) is 12.6. The molecule has 3 rings (SSSR count). The summed E-state index contributed by atoms with van der Waals surface area (Å²) in [5, 5.41) is 10.7. The number of halogens is 1. The van der Waals surface area contributed by atoms with Crippen LogP contribution >= 0.6 is 22.6 Å². The number of nitro groups is 1. The van der Waals surface area contributed by atoms with E-state index in [9.17, 15) is 10.1 Å². The third-order valence-electron chi connectivity index (χ3n) is 3.00. The summed E-state index contributed by atoms with van der Waals surface area (Å²) in [6.07, 6.45) is 0. The summed E-state index contributed by atoms with van der Waals surface area (Å²) in [6.45, 7) is 2.03. The Hall–Kier alpha value is -1.96. The summed E-state index contributed by atoms with van der Waals surface area (Å²) < 4.78 is 6.74. The molecule has 1 heterocycles. The molecule has 20 heavy (non-hydrogen) atoms. The third kappa shape index (κ3) is 2.26. The summed E-state index contributed by atoms with van der Waals surface area (Å²) >= 11 is 2.25. The monoisotopic (exact) mass is 380 g/mol. The van der Waals surface area contributed by atoms with Crippen LogP contribution in [0.15, 0.2) is 40.8 Å². The van der Waals surface area contributed by atoms with Gasteiger partial charge in [-0.15, -0.1) is 0 Å². The van der Waals surface area contributed by atoms with Crippen LogP contribution in [0.2, 0.25) is 0 Å². The number of nitro benzene ring substituents is 1. The number of fused-ring (bicyclic) bond motifs is 1. The third-order valence-corrected chi connectivity index (χ3v) is 4.16. The van der Waals surface area contributed by atoms with E-state index in [1.54, 1.807) is 6.07 Å². The van der Waals surface area contributed by atoms with Gasteiger partial charge in [-0.1, -0.05) is 6.07 Å². The van der Waals surface area contributed by atoms with Crippen LogP contribution in [0.5, 0.6) is 0 Å². The molecule has 0 amide bonds. The lowest BCUT2D eigenvalue weighted by Gasteiger charge is -1.99. The second kappa shape index (κ2) is 4.86. The Morgan fingerprint density at radius 2 is 2.05 bits per heavy atom. The summed E-state index contributed by atoms with van der Waals surface area (Å²) in [7, 11) is 0. The molecule has 2 aromatic carbocycles. The highest BCUT2D eigenvalue weighted by Crippen LogP contribution is 2.28. The molecular weight excluding hydrogens is 371 g/mol. The zero-order chi connectivity index (χ0) is 14.3. The van der Waals surface area contributed by atoms with Crippen LogP contribution in [0, 0.1) is 20.6 Å². The van der Waals surface area contributed by atoms with Crippen LogP contribution in [0.3, 0.4) is 0 Å². The Labute approximate surface area is 127 Å². The molecular formula is C14H9IN2O3. The van der Waals surface area contributed by atoms with Gasteiger partial charge < -0.3 is 4.42 Å². The van der Waals surface area contributed by atoms with Crippen molar-refractivity contribution in [2.24, 2.45) is 0 Å². The van der Waals surface area contributed by atoms with E-state index in [1.807, 2.05) is 25.1 Å². The number of non-ortho nitro benzene ring substituents is 1. The number of oxazole rings is 1. The number of rotatable bonds is 2. The normalized spacial score (nSPS) is 10.9. The number of nitrogens with zero attached hydrogens (tertiary/aromatic N) is 2. The van der Waals surface area contributed by atoms with Gasteiger partial charge in [-0.25, -0.2) is 4.98 Å². The van der Waals surface area contributed by atoms with Crippen molar-refractivity contribution in [1.29, 1.82) is 0 Å². The SMILES string of the molecule is Cc1ccc(-c2nc3ccc([N+](=O)[O-])cc3o2)cc1I. The van der Waals surface area contributed by atoms with Crippen LogP contribution in [0.4, 0.5) is 5.69 Å². The van der Waals surface area contributed by atoms with Crippen molar-refractivity contribution in [3.8, 4) is 11.5 Å². The van der Waals surface area contributed by atoms with Crippen molar-refractivity contribution >= 4 is 39.4 Å². The van der Waals surface area contributed by atoms with E-state index in [0.717, 1.165) is 9.13 Å². The van der Waals surface area contributed by atoms with Crippen LogP contribution in [0.1, 0.15) is 5.56 Å². The first-order valence-corrected chi connectivity index (χ1v) is 6.94. The molecule has 3 aromatic rings. The van der Waals surface area contributed by atoms with E-state index in [-0.39, 0.29) is 5.69 Å². The van der Waals surface area contributed by atoms with Crippen LogP contribution in [-0.4, -0.2) is 9.91 Å². The Bertz CT molecular complexity index is 826. The molecule has 0 N–H and O–H groups in total. The fourth-order valence-corrected chi connectivity index (χ4v) is 2.39. The fraction of sp³-hybridized carbons (Fsp3) is 0.0714. The van der Waals surface area contributed by atoms with Crippen LogP contribution in [0.25, 0.3) is 22.6 Å². The van der Waals surface area contributed by atoms with E-state index >= 15 is 0 Å². The second-order valence-corrected chi connectivity index (χ2v) is 5.55. The first-order valence-electron chi connectivity index (χ1n) is 5.86. The van der Waals surface area contributed by atoms with Crippen molar-refractivity contribution in [1.82, 2.24) is 4.98 Å². The molecule has 0 atom stereocenters. The minimum absolute atomic E-state index is 0.00122. The van der Waals surface area contributed by atoms with Gasteiger partial charge in [-0.05, 0) is 53.3 Å². The molecule has 0 aliphatic rings. The van der Waals surface area contributed by atoms with Crippen molar-refractivity contribution in [3.63, 3.8) is 0 Å². The minimum Gasteiger partial charge on any atom is -0.436 e. The fourth-order valence-electron chi connectivity index (χ4n) is 1.88. The van der Waals surface area contributed by atoms with Gasteiger partial charge in [0.25, 0.3) is 5.69 Å². The molecule has 0 fully saturated rings. The molecule has 0 saturated heterocycles. The van der Waals surface area contributed by atoms with Gasteiger partial charge >= 0.3 is 0 Å².